The van der Waals surface area contributed by atoms with E-state index in [1.54, 1.807) is 11.8 Å². The number of benzene rings is 1. The van der Waals surface area contributed by atoms with Gasteiger partial charge in [0.15, 0.2) is 5.78 Å². The van der Waals surface area contributed by atoms with Crippen LogP contribution in [-0.2, 0) is 0 Å². The number of ketones is 1. The molecule has 0 fully saturated rings. The zero-order chi connectivity index (χ0) is 13.0. The molecule has 0 bridgehead atoms. The minimum Gasteiger partial charge on any atom is -0.372 e. The molecular weight excluding hydrogens is 244 g/mol. The van der Waals surface area contributed by atoms with Gasteiger partial charge >= 0.3 is 0 Å². The molecule has 0 saturated heterocycles. The fourth-order valence-corrected chi connectivity index (χ4v) is 2.65. The molecule has 4 heteroatoms. The molecule has 18 heavy (non-hydrogen) atoms. The summed E-state index contributed by atoms with van der Waals surface area (Å²) in [5.41, 5.74) is 0.763. The lowest BCUT2D eigenvalue weighted by Gasteiger charge is -2.06. The molecule has 1 aromatic carbocycles. The predicted molar refractivity (Wildman–Crippen MR) is 76.7 cm³/mol. The number of amidine groups is 1. The number of hydrogen-bond acceptors (Lipinski definition) is 4. The highest BCUT2D eigenvalue weighted by molar-refractivity contribution is 7.99. The van der Waals surface area contributed by atoms with E-state index in [1.165, 1.54) is 4.90 Å². The summed E-state index contributed by atoms with van der Waals surface area (Å²) < 4.78 is 0. The van der Waals surface area contributed by atoms with Crippen LogP contribution in [0.5, 0.6) is 0 Å². The Labute approximate surface area is 112 Å². The first-order chi connectivity index (χ1) is 8.65. The number of Topliss-reactive ketones (excluding diaryl/α,β-unsaturated/α-hetero) is 1. The molecule has 0 aliphatic carbocycles. The molecule has 0 amide bonds. The van der Waals surface area contributed by atoms with Gasteiger partial charge in [-0.25, -0.2) is 0 Å². The van der Waals surface area contributed by atoms with Crippen molar-refractivity contribution in [2.45, 2.75) is 30.4 Å². The van der Waals surface area contributed by atoms with Gasteiger partial charge in [0.25, 0.3) is 0 Å². The van der Waals surface area contributed by atoms with E-state index in [-0.39, 0.29) is 5.78 Å². The maximum absolute atomic E-state index is 12.0. The highest BCUT2D eigenvalue weighted by Gasteiger charge is 2.12. The van der Waals surface area contributed by atoms with Gasteiger partial charge in [0.1, 0.15) is 5.84 Å². The van der Waals surface area contributed by atoms with Gasteiger partial charge in [0, 0.05) is 22.3 Å². The van der Waals surface area contributed by atoms with Crippen LogP contribution in [0.1, 0.15) is 30.6 Å². The predicted octanol–water partition coefficient (Wildman–Crippen LogP) is 2.76. The number of aliphatic imine (C=N–C) groups is 1. The number of rotatable bonds is 5. The summed E-state index contributed by atoms with van der Waals surface area (Å²) in [5.74, 6) is 0.949. The average Bonchev–Trinajstić information content (AvgIpc) is 2.82. The summed E-state index contributed by atoms with van der Waals surface area (Å²) in [6.45, 7) is 5.96. The van der Waals surface area contributed by atoms with Crippen LogP contribution < -0.4 is 5.32 Å². The largest absolute Gasteiger partial charge is 0.372 e. The standard InChI is InChI=1S/C14H18N2OS/c1-10(2)18-12-5-3-11(4-6-12)13(17)9-14-15-7-8-16-14/h3-6,10H,7-9H2,1-2H3,(H,15,16). The lowest BCUT2D eigenvalue weighted by molar-refractivity contribution is 0.1000. The second-order valence-electron chi connectivity index (χ2n) is 4.55. The van der Waals surface area contributed by atoms with Crippen LogP contribution in [0.25, 0.3) is 0 Å². The number of hydrogen-bond donors (Lipinski definition) is 1. The third-order valence-corrected chi connectivity index (χ3v) is 3.64. The van der Waals surface area contributed by atoms with E-state index in [0.717, 1.165) is 24.5 Å². The van der Waals surface area contributed by atoms with Gasteiger partial charge in [-0.1, -0.05) is 26.0 Å². The Morgan fingerprint density at radius 2 is 2.11 bits per heavy atom. The van der Waals surface area contributed by atoms with Crippen LogP contribution >= 0.6 is 11.8 Å². The van der Waals surface area contributed by atoms with E-state index in [0.29, 0.717) is 11.7 Å². The van der Waals surface area contributed by atoms with Gasteiger partial charge in [-0.2, -0.15) is 0 Å². The Balaban J connectivity index is 1.98. The molecule has 1 aliphatic heterocycles. The number of nitrogens with one attached hydrogen (secondary N) is 1. The maximum atomic E-state index is 12.0. The van der Waals surface area contributed by atoms with Crippen molar-refractivity contribution in [1.82, 2.24) is 5.32 Å². The van der Waals surface area contributed by atoms with Crippen molar-refractivity contribution in [2.24, 2.45) is 4.99 Å². The molecule has 0 atom stereocenters. The molecule has 96 valence electrons. The molecule has 3 nitrogen and oxygen atoms in total. The first-order valence-corrected chi connectivity index (χ1v) is 7.10. The van der Waals surface area contributed by atoms with Gasteiger partial charge in [-0.3, -0.25) is 9.79 Å². The highest BCUT2D eigenvalue weighted by atomic mass is 32.2. The zero-order valence-electron chi connectivity index (χ0n) is 10.8. The summed E-state index contributed by atoms with van der Waals surface area (Å²) in [4.78, 5) is 17.5. The first-order valence-electron chi connectivity index (χ1n) is 6.22. The summed E-state index contributed by atoms with van der Waals surface area (Å²) in [5, 5.41) is 3.68. The Hall–Kier alpha value is -1.29. The SMILES string of the molecule is CC(C)Sc1ccc(C(=O)CC2=NCCN2)cc1. The van der Waals surface area contributed by atoms with Crippen molar-refractivity contribution in [3.05, 3.63) is 29.8 Å². The van der Waals surface area contributed by atoms with E-state index in [1.807, 2.05) is 24.3 Å². The average molecular weight is 262 g/mol. The van der Waals surface area contributed by atoms with E-state index in [4.69, 9.17) is 0 Å². The molecule has 0 unspecified atom stereocenters. The molecule has 0 radical (unpaired) electrons. The zero-order valence-corrected chi connectivity index (χ0v) is 11.6. The normalized spacial score (nSPS) is 14.5. The van der Waals surface area contributed by atoms with Crippen LogP contribution in [0.4, 0.5) is 0 Å². The van der Waals surface area contributed by atoms with E-state index in [2.05, 4.69) is 24.2 Å². The van der Waals surface area contributed by atoms with Crippen molar-refractivity contribution in [3.8, 4) is 0 Å². The van der Waals surface area contributed by atoms with E-state index < -0.39 is 0 Å². The summed E-state index contributed by atoms with van der Waals surface area (Å²) in [7, 11) is 0. The third-order valence-electron chi connectivity index (χ3n) is 2.62. The monoisotopic (exact) mass is 262 g/mol. The molecular formula is C14H18N2OS. The van der Waals surface area contributed by atoms with E-state index in [9.17, 15) is 4.79 Å². The number of carbonyl (C=O) groups is 1. The molecule has 2 rings (SSSR count). The maximum Gasteiger partial charge on any atom is 0.170 e. The van der Waals surface area contributed by atoms with Gasteiger partial charge in [-0.15, -0.1) is 11.8 Å². The molecule has 1 heterocycles. The molecule has 0 saturated carbocycles. The van der Waals surface area contributed by atoms with Crippen molar-refractivity contribution in [3.63, 3.8) is 0 Å². The van der Waals surface area contributed by atoms with Crippen molar-refractivity contribution in [1.29, 1.82) is 0 Å². The van der Waals surface area contributed by atoms with Crippen LogP contribution in [0, 0.1) is 0 Å². The smallest absolute Gasteiger partial charge is 0.170 e. The second-order valence-corrected chi connectivity index (χ2v) is 6.20. The molecule has 1 aliphatic rings. The second kappa shape index (κ2) is 6.05. The minimum atomic E-state index is 0.129. The first kappa shape index (κ1) is 13.1. The highest BCUT2D eigenvalue weighted by Crippen LogP contribution is 2.23. The Morgan fingerprint density at radius 1 is 1.39 bits per heavy atom. The fraction of sp³-hybridized carbons (Fsp3) is 0.429. The topological polar surface area (TPSA) is 41.5 Å². The van der Waals surface area contributed by atoms with Crippen LogP contribution in [0.2, 0.25) is 0 Å². The van der Waals surface area contributed by atoms with Crippen molar-refractivity contribution in [2.75, 3.05) is 13.1 Å². The van der Waals surface area contributed by atoms with Gasteiger partial charge < -0.3 is 5.32 Å². The summed E-state index contributed by atoms with van der Waals surface area (Å²) in [6.07, 6.45) is 0.386. The van der Waals surface area contributed by atoms with Crippen molar-refractivity contribution < 1.29 is 4.79 Å². The fourth-order valence-electron chi connectivity index (χ4n) is 1.81. The van der Waals surface area contributed by atoms with Crippen LogP contribution in [0.15, 0.2) is 34.2 Å². The number of nitrogens with zero attached hydrogens (tertiary/aromatic N) is 1. The van der Waals surface area contributed by atoms with Gasteiger partial charge in [0.2, 0.25) is 0 Å². The third kappa shape index (κ3) is 3.60. The van der Waals surface area contributed by atoms with Crippen LogP contribution in [0.3, 0.4) is 0 Å². The summed E-state index contributed by atoms with van der Waals surface area (Å²) >= 11 is 1.80. The lowest BCUT2D eigenvalue weighted by atomic mass is 10.1. The summed E-state index contributed by atoms with van der Waals surface area (Å²) in [6, 6.07) is 7.84. The molecule has 1 aromatic rings. The Morgan fingerprint density at radius 3 is 2.67 bits per heavy atom. The van der Waals surface area contributed by atoms with Gasteiger partial charge in [-0.05, 0) is 12.1 Å². The number of thioether (sulfide) groups is 1. The Bertz CT molecular complexity index is 451. The molecule has 0 spiro atoms. The van der Waals surface area contributed by atoms with E-state index >= 15 is 0 Å². The number of carbonyl (C=O) groups excluding carboxylic acids is 1. The quantitative estimate of drug-likeness (QED) is 0.655. The Kier molecular flexibility index (Phi) is 4.42. The minimum absolute atomic E-state index is 0.129. The molecule has 0 aromatic heterocycles. The molecule has 1 N–H and O–H groups in total. The van der Waals surface area contributed by atoms with Crippen LogP contribution in [-0.4, -0.2) is 30.0 Å². The van der Waals surface area contributed by atoms with Crippen molar-refractivity contribution >= 4 is 23.4 Å². The van der Waals surface area contributed by atoms with Gasteiger partial charge in [0.05, 0.1) is 13.0 Å². The lowest BCUT2D eigenvalue weighted by Crippen LogP contribution is -2.21.